The van der Waals surface area contributed by atoms with Gasteiger partial charge in [0.05, 0.1) is 6.10 Å². The predicted octanol–water partition coefficient (Wildman–Crippen LogP) is 0.360. The summed E-state index contributed by atoms with van der Waals surface area (Å²) in [6.45, 7) is 3.03. The maximum absolute atomic E-state index is 9.32. The first-order valence-electron chi connectivity index (χ1n) is 5.59. The summed E-state index contributed by atoms with van der Waals surface area (Å²) in [7, 11) is 0. The van der Waals surface area contributed by atoms with Crippen LogP contribution in [0.1, 0.15) is 32.1 Å². The minimum Gasteiger partial charge on any atom is -0.409 e. The van der Waals surface area contributed by atoms with Gasteiger partial charge in [0.1, 0.15) is 5.84 Å². The average Bonchev–Trinajstić information content (AvgIpc) is 2.26. The second-order valence-corrected chi connectivity index (χ2v) is 4.12. The van der Waals surface area contributed by atoms with E-state index in [0.717, 1.165) is 45.3 Å². The van der Waals surface area contributed by atoms with Crippen LogP contribution in [0, 0.1) is 0 Å². The topological polar surface area (TPSA) is 82.1 Å². The number of nitrogens with two attached hydrogens (primary N) is 1. The Hall–Kier alpha value is -0.810. The highest BCUT2D eigenvalue weighted by molar-refractivity contribution is 5.79. The molecule has 1 aliphatic heterocycles. The van der Waals surface area contributed by atoms with Crippen LogP contribution >= 0.6 is 0 Å². The van der Waals surface area contributed by atoms with Gasteiger partial charge in [0.25, 0.3) is 0 Å². The number of aliphatic hydroxyl groups is 1. The van der Waals surface area contributed by atoms with Gasteiger partial charge in [-0.3, -0.25) is 0 Å². The van der Waals surface area contributed by atoms with Gasteiger partial charge in [0.15, 0.2) is 0 Å². The van der Waals surface area contributed by atoms with Crippen molar-refractivity contribution in [3.8, 4) is 0 Å². The Kier molecular flexibility index (Phi) is 5.42. The number of hydrogen-bond donors (Lipinski definition) is 3. The van der Waals surface area contributed by atoms with E-state index in [-0.39, 0.29) is 6.10 Å². The smallest absolute Gasteiger partial charge is 0.139 e. The summed E-state index contributed by atoms with van der Waals surface area (Å²) in [5.41, 5.74) is 5.36. The Morgan fingerprint density at radius 1 is 1.33 bits per heavy atom. The van der Waals surface area contributed by atoms with Crippen LogP contribution in [0.2, 0.25) is 0 Å². The van der Waals surface area contributed by atoms with Crippen molar-refractivity contribution < 1.29 is 10.3 Å². The Morgan fingerprint density at radius 3 is 2.60 bits per heavy atom. The van der Waals surface area contributed by atoms with Gasteiger partial charge in [0, 0.05) is 19.5 Å². The summed E-state index contributed by atoms with van der Waals surface area (Å²) in [4.78, 5) is 2.36. The fourth-order valence-electron chi connectivity index (χ4n) is 1.83. The zero-order valence-electron chi connectivity index (χ0n) is 9.10. The van der Waals surface area contributed by atoms with Gasteiger partial charge in [0.2, 0.25) is 0 Å². The third-order valence-electron chi connectivity index (χ3n) is 2.84. The third-order valence-corrected chi connectivity index (χ3v) is 2.84. The molecule has 0 amide bonds. The lowest BCUT2D eigenvalue weighted by Gasteiger charge is -2.29. The molecule has 0 spiro atoms. The standard InChI is InChI=1S/C10H21N3O2/c11-10(12-15)3-1-2-6-13-7-4-9(14)5-8-13/h9,14-15H,1-8H2,(H2,11,12). The van der Waals surface area contributed by atoms with E-state index in [9.17, 15) is 5.11 Å². The molecule has 1 aliphatic rings. The van der Waals surface area contributed by atoms with Crippen LogP contribution in [0.15, 0.2) is 5.16 Å². The molecule has 0 bridgehead atoms. The molecule has 1 rings (SSSR count). The van der Waals surface area contributed by atoms with Gasteiger partial charge in [-0.1, -0.05) is 5.16 Å². The lowest BCUT2D eigenvalue weighted by atomic mass is 10.1. The molecule has 5 heteroatoms. The van der Waals surface area contributed by atoms with Crippen molar-refractivity contribution in [3.05, 3.63) is 0 Å². The van der Waals surface area contributed by atoms with Gasteiger partial charge in [-0.2, -0.15) is 0 Å². The van der Waals surface area contributed by atoms with Crippen LogP contribution in [0.3, 0.4) is 0 Å². The van der Waals surface area contributed by atoms with Gasteiger partial charge in [-0.15, -0.1) is 0 Å². The van der Waals surface area contributed by atoms with Crippen molar-refractivity contribution in [2.24, 2.45) is 10.9 Å². The summed E-state index contributed by atoms with van der Waals surface area (Å²) in [5, 5.41) is 20.6. The predicted molar refractivity (Wildman–Crippen MR) is 58.9 cm³/mol. The highest BCUT2D eigenvalue weighted by Gasteiger charge is 2.15. The third kappa shape index (κ3) is 4.99. The van der Waals surface area contributed by atoms with Crippen LogP contribution in [-0.2, 0) is 0 Å². The molecule has 4 N–H and O–H groups in total. The van der Waals surface area contributed by atoms with Crippen molar-refractivity contribution in [3.63, 3.8) is 0 Å². The Morgan fingerprint density at radius 2 is 2.00 bits per heavy atom. The van der Waals surface area contributed by atoms with E-state index in [2.05, 4.69) is 10.1 Å². The molecule has 5 nitrogen and oxygen atoms in total. The monoisotopic (exact) mass is 215 g/mol. The first kappa shape index (κ1) is 12.3. The Balaban J connectivity index is 2.01. The van der Waals surface area contributed by atoms with Crippen LogP contribution < -0.4 is 5.73 Å². The highest BCUT2D eigenvalue weighted by Crippen LogP contribution is 2.10. The SMILES string of the molecule is N/C(CCCCN1CCC(O)CC1)=N/O. The summed E-state index contributed by atoms with van der Waals surface area (Å²) in [6.07, 6.45) is 4.35. The molecule has 0 unspecified atom stereocenters. The number of nitrogens with zero attached hydrogens (tertiary/aromatic N) is 2. The molecule has 1 saturated heterocycles. The summed E-state index contributed by atoms with van der Waals surface area (Å²) in [5.74, 6) is 0.309. The fourth-order valence-corrected chi connectivity index (χ4v) is 1.83. The van der Waals surface area contributed by atoms with Crippen molar-refractivity contribution >= 4 is 5.84 Å². The lowest BCUT2D eigenvalue weighted by molar-refractivity contribution is 0.0819. The van der Waals surface area contributed by atoms with E-state index in [0.29, 0.717) is 12.3 Å². The molecule has 15 heavy (non-hydrogen) atoms. The number of amidine groups is 1. The number of unbranched alkanes of at least 4 members (excludes halogenated alkanes) is 1. The Bertz CT molecular complexity index is 201. The molecule has 0 aliphatic carbocycles. The molecule has 1 heterocycles. The molecule has 1 fully saturated rings. The van der Waals surface area contributed by atoms with Gasteiger partial charge < -0.3 is 20.9 Å². The maximum Gasteiger partial charge on any atom is 0.139 e. The van der Waals surface area contributed by atoms with E-state index in [1.54, 1.807) is 0 Å². The van der Waals surface area contributed by atoms with Crippen molar-refractivity contribution in [1.29, 1.82) is 0 Å². The second-order valence-electron chi connectivity index (χ2n) is 4.12. The summed E-state index contributed by atoms with van der Waals surface area (Å²) < 4.78 is 0. The number of rotatable bonds is 5. The van der Waals surface area contributed by atoms with E-state index in [1.807, 2.05) is 0 Å². The zero-order chi connectivity index (χ0) is 11.1. The van der Waals surface area contributed by atoms with Gasteiger partial charge in [-0.05, 0) is 32.2 Å². The lowest BCUT2D eigenvalue weighted by Crippen LogP contribution is -2.36. The van der Waals surface area contributed by atoms with Crippen molar-refractivity contribution in [2.75, 3.05) is 19.6 Å². The van der Waals surface area contributed by atoms with Crippen LogP contribution in [0.25, 0.3) is 0 Å². The van der Waals surface area contributed by atoms with E-state index < -0.39 is 0 Å². The van der Waals surface area contributed by atoms with Gasteiger partial charge >= 0.3 is 0 Å². The molecule has 0 aromatic heterocycles. The first-order chi connectivity index (χ1) is 7.22. The number of likely N-dealkylation sites (tertiary alicyclic amines) is 1. The maximum atomic E-state index is 9.32. The molecule has 0 saturated carbocycles. The van der Waals surface area contributed by atoms with Crippen molar-refractivity contribution in [1.82, 2.24) is 4.90 Å². The van der Waals surface area contributed by atoms with E-state index in [4.69, 9.17) is 10.9 Å². The molecular formula is C10H21N3O2. The first-order valence-corrected chi connectivity index (χ1v) is 5.59. The largest absolute Gasteiger partial charge is 0.409 e. The molecule has 0 aromatic carbocycles. The summed E-state index contributed by atoms with van der Waals surface area (Å²) in [6, 6.07) is 0. The minimum absolute atomic E-state index is 0.0987. The van der Waals surface area contributed by atoms with Crippen LogP contribution in [-0.4, -0.2) is 46.8 Å². The van der Waals surface area contributed by atoms with Crippen LogP contribution in [0.5, 0.6) is 0 Å². The van der Waals surface area contributed by atoms with Gasteiger partial charge in [-0.25, -0.2) is 0 Å². The normalized spacial score (nSPS) is 20.7. The highest BCUT2D eigenvalue weighted by atomic mass is 16.4. The second kappa shape index (κ2) is 6.63. The average molecular weight is 215 g/mol. The molecule has 0 atom stereocenters. The Labute approximate surface area is 90.6 Å². The molecule has 0 radical (unpaired) electrons. The molecule has 0 aromatic rings. The minimum atomic E-state index is -0.0987. The fraction of sp³-hybridized carbons (Fsp3) is 0.900. The molecule has 88 valence electrons. The quantitative estimate of drug-likeness (QED) is 0.203. The van der Waals surface area contributed by atoms with E-state index >= 15 is 0 Å². The van der Waals surface area contributed by atoms with Crippen molar-refractivity contribution in [2.45, 2.75) is 38.2 Å². The zero-order valence-corrected chi connectivity index (χ0v) is 9.10. The number of oxime groups is 1. The summed E-state index contributed by atoms with van der Waals surface area (Å²) >= 11 is 0. The van der Waals surface area contributed by atoms with E-state index in [1.165, 1.54) is 0 Å². The number of piperidine rings is 1. The number of hydrogen-bond acceptors (Lipinski definition) is 4. The van der Waals surface area contributed by atoms with Crippen LogP contribution in [0.4, 0.5) is 0 Å². The number of aliphatic hydroxyl groups excluding tert-OH is 1. The molecular weight excluding hydrogens is 194 g/mol.